The second kappa shape index (κ2) is 6.61. The lowest BCUT2D eigenvalue weighted by molar-refractivity contribution is -0.113. The van der Waals surface area contributed by atoms with Crippen LogP contribution in [0.25, 0.3) is 5.78 Å². The fraction of sp³-hybridized carbons (Fsp3) is 0.0769. The highest BCUT2D eigenvalue weighted by Gasteiger charge is 2.10. The van der Waals surface area contributed by atoms with Crippen LogP contribution in [0.4, 0.5) is 5.69 Å². The molecule has 0 bridgehead atoms. The molecule has 23 heavy (non-hydrogen) atoms. The van der Waals surface area contributed by atoms with Crippen molar-refractivity contribution in [2.24, 2.45) is 0 Å². The molecule has 118 valence electrons. The van der Waals surface area contributed by atoms with Gasteiger partial charge < -0.3 is 5.32 Å². The number of halogens is 2. The van der Waals surface area contributed by atoms with Crippen LogP contribution in [-0.2, 0) is 4.79 Å². The number of anilines is 1. The topological polar surface area (TPSA) is 92.2 Å². The predicted molar refractivity (Wildman–Crippen MR) is 89.4 cm³/mol. The molecule has 0 unspecified atom stereocenters. The van der Waals surface area contributed by atoms with Gasteiger partial charge in [-0.25, -0.2) is 0 Å². The van der Waals surface area contributed by atoms with E-state index in [0.29, 0.717) is 26.7 Å². The number of aromatic nitrogens is 4. The first kappa shape index (κ1) is 15.9. The molecule has 0 aliphatic rings. The Morgan fingerprint density at radius 1 is 1.26 bits per heavy atom. The number of H-pyrrole nitrogens is 1. The number of fused-ring (bicyclic) bond motifs is 1. The summed E-state index contributed by atoms with van der Waals surface area (Å²) in [6.45, 7) is 0. The molecule has 0 saturated heterocycles. The first-order chi connectivity index (χ1) is 11.0. The maximum Gasteiger partial charge on any atom is 0.252 e. The summed E-state index contributed by atoms with van der Waals surface area (Å²) in [5, 5.41) is 11.8. The lowest BCUT2D eigenvalue weighted by atomic mass is 10.3. The summed E-state index contributed by atoms with van der Waals surface area (Å²) < 4.78 is 1.60. The van der Waals surface area contributed by atoms with Crippen LogP contribution in [0.2, 0.25) is 10.0 Å². The Labute approximate surface area is 144 Å². The number of carbonyl (C=O) groups is 1. The molecule has 0 fully saturated rings. The fourth-order valence-corrected chi connectivity index (χ4v) is 2.81. The standard InChI is InChI=1S/C13H9Cl2N5O2S/c14-8-2-1-7(5-9(8)15)16-11(22)6-23-13-19-18-12-17-10(21)3-4-20(12)13/h1-5H,6H2,(H,16,22)(H,17,18,21). The Hall–Kier alpha value is -2.03. The lowest BCUT2D eigenvalue weighted by Gasteiger charge is -2.05. The van der Waals surface area contributed by atoms with E-state index in [2.05, 4.69) is 20.5 Å². The summed E-state index contributed by atoms with van der Waals surface area (Å²) in [6.07, 6.45) is 1.55. The predicted octanol–water partition coefficient (Wildman–Crippen LogP) is 2.46. The average Bonchev–Trinajstić information content (AvgIpc) is 2.91. The van der Waals surface area contributed by atoms with Crippen molar-refractivity contribution in [1.82, 2.24) is 19.6 Å². The van der Waals surface area contributed by atoms with E-state index in [4.69, 9.17) is 23.2 Å². The number of nitrogens with zero attached hydrogens (tertiary/aromatic N) is 3. The van der Waals surface area contributed by atoms with Crippen LogP contribution < -0.4 is 10.9 Å². The maximum absolute atomic E-state index is 12.0. The van der Waals surface area contributed by atoms with Gasteiger partial charge in [0.1, 0.15) is 0 Å². The molecule has 0 radical (unpaired) electrons. The molecule has 0 atom stereocenters. The van der Waals surface area contributed by atoms with Gasteiger partial charge >= 0.3 is 0 Å². The van der Waals surface area contributed by atoms with E-state index in [1.807, 2.05) is 0 Å². The van der Waals surface area contributed by atoms with Crippen LogP contribution >= 0.6 is 35.0 Å². The van der Waals surface area contributed by atoms with E-state index in [1.54, 1.807) is 28.8 Å². The van der Waals surface area contributed by atoms with Gasteiger partial charge in [-0.05, 0) is 18.2 Å². The minimum Gasteiger partial charge on any atom is -0.325 e. The summed E-state index contributed by atoms with van der Waals surface area (Å²) in [5.41, 5.74) is 0.291. The number of benzene rings is 1. The van der Waals surface area contributed by atoms with Gasteiger partial charge in [-0.1, -0.05) is 35.0 Å². The van der Waals surface area contributed by atoms with Gasteiger partial charge in [0.25, 0.3) is 5.56 Å². The molecule has 3 aromatic rings. The van der Waals surface area contributed by atoms with E-state index in [1.165, 1.54) is 17.8 Å². The molecule has 2 aromatic heterocycles. The highest BCUT2D eigenvalue weighted by molar-refractivity contribution is 7.99. The Morgan fingerprint density at radius 3 is 2.87 bits per heavy atom. The largest absolute Gasteiger partial charge is 0.325 e. The van der Waals surface area contributed by atoms with Crippen molar-refractivity contribution in [1.29, 1.82) is 0 Å². The number of carbonyl (C=O) groups excluding carboxylic acids is 1. The second-order valence-corrected chi connectivity index (χ2v) is 6.20. The summed E-state index contributed by atoms with van der Waals surface area (Å²) in [5.74, 6) is 0.222. The highest BCUT2D eigenvalue weighted by atomic mass is 35.5. The highest BCUT2D eigenvalue weighted by Crippen LogP contribution is 2.25. The summed E-state index contributed by atoms with van der Waals surface area (Å²) in [6, 6.07) is 6.20. The van der Waals surface area contributed by atoms with Gasteiger partial charge in [-0.3, -0.25) is 19.0 Å². The Kier molecular flexibility index (Phi) is 4.56. The summed E-state index contributed by atoms with van der Waals surface area (Å²) in [4.78, 5) is 25.7. The van der Waals surface area contributed by atoms with Crippen molar-refractivity contribution in [2.45, 2.75) is 5.16 Å². The normalized spacial score (nSPS) is 10.9. The molecule has 2 heterocycles. The fourth-order valence-electron chi connectivity index (χ4n) is 1.79. The van der Waals surface area contributed by atoms with Crippen molar-refractivity contribution in [3.8, 4) is 0 Å². The number of hydrogen-bond donors (Lipinski definition) is 2. The van der Waals surface area contributed by atoms with E-state index in [-0.39, 0.29) is 17.2 Å². The SMILES string of the molecule is O=C(CSc1nnc2[nH]c(=O)ccn12)Nc1ccc(Cl)c(Cl)c1. The zero-order chi connectivity index (χ0) is 16.4. The van der Waals surface area contributed by atoms with Gasteiger partial charge in [-0.2, -0.15) is 0 Å². The Balaban J connectivity index is 1.66. The lowest BCUT2D eigenvalue weighted by Crippen LogP contribution is -2.14. The van der Waals surface area contributed by atoms with Crippen molar-refractivity contribution in [3.63, 3.8) is 0 Å². The van der Waals surface area contributed by atoms with Crippen molar-refractivity contribution in [3.05, 3.63) is 50.9 Å². The van der Waals surface area contributed by atoms with Crippen molar-refractivity contribution < 1.29 is 4.79 Å². The first-order valence-corrected chi connectivity index (χ1v) is 8.09. The zero-order valence-electron chi connectivity index (χ0n) is 11.4. The quantitative estimate of drug-likeness (QED) is 0.689. The van der Waals surface area contributed by atoms with E-state index >= 15 is 0 Å². The minimum absolute atomic E-state index is 0.125. The maximum atomic E-state index is 12.0. The first-order valence-electron chi connectivity index (χ1n) is 6.35. The molecule has 10 heteroatoms. The third kappa shape index (κ3) is 3.66. The van der Waals surface area contributed by atoms with Crippen LogP contribution in [0.3, 0.4) is 0 Å². The smallest absolute Gasteiger partial charge is 0.252 e. The van der Waals surface area contributed by atoms with Crippen LogP contribution in [0.15, 0.2) is 40.4 Å². The van der Waals surface area contributed by atoms with Crippen molar-refractivity contribution >= 4 is 52.3 Å². The van der Waals surface area contributed by atoms with Crippen LogP contribution in [0.5, 0.6) is 0 Å². The zero-order valence-corrected chi connectivity index (χ0v) is 13.7. The van der Waals surface area contributed by atoms with Gasteiger partial charge in [0.15, 0.2) is 5.16 Å². The van der Waals surface area contributed by atoms with E-state index in [9.17, 15) is 9.59 Å². The summed E-state index contributed by atoms with van der Waals surface area (Å²) in [7, 11) is 0. The van der Waals surface area contributed by atoms with Gasteiger partial charge in [-0.15, -0.1) is 10.2 Å². The second-order valence-electron chi connectivity index (χ2n) is 4.45. The monoisotopic (exact) mass is 369 g/mol. The number of hydrogen-bond acceptors (Lipinski definition) is 5. The molecule has 7 nitrogen and oxygen atoms in total. The average molecular weight is 370 g/mol. The molecular formula is C13H9Cl2N5O2S. The van der Waals surface area contributed by atoms with Gasteiger partial charge in [0, 0.05) is 18.0 Å². The molecule has 0 saturated carbocycles. The molecule has 1 aromatic carbocycles. The Bertz CT molecular complexity index is 940. The van der Waals surface area contributed by atoms with Gasteiger partial charge in [0.2, 0.25) is 11.7 Å². The van der Waals surface area contributed by atoms with E-state index < -0.39 is 0 Å². The Morgan fingerprint density at radius 2 is 2.09 bits per heavy atom. The summed E-state index contributed by atoms with van der Waals surface area (Å²) >= 11 is 12.9. The van der Waals surface area contributed by atoms with E-state index in [0.717, 1.165) is 0 Å². The molecule has 1 amide bonds. The van der Waals surface area contributed by atoms with Crippen LogP contribution in [0.1, 0.15) is 0 Å². The number of thioether (sulfide) groups is 1. The van der Waals surface area contributed by atoms with Crippen molar-refractivity contribution in [2.75, 3.05) is 11.1 Å². The number of nitrogens with one attached hydrogen (secondary N) is 2. The third-order valence-corrected chi connectivity index (χ3v) is 4.49. The molecular weight excluding hydrogens is 361 g/mol. The molecule has 0 aliphatic carbocycles. The number of rotatable bonds is 4. The molecule has 0 aliphatic heterocycles. The van der Waals surface area contributed by atoms with Gasteiger partial charge in [0.05, 0.1) is 15.8 Å². The van der Waals surface area contributed by atoms with Crippen LogP contribution in [0, 0.1) is 0 Å². The number of amides is 1. The molecule has 2 N–H and O–H groups in total. The minimum atomic E-state index is -0.265. The third-order valence-electron chi connectivity index (χ3n) is 2.81. The molecule has 0 spiro atoms. The molecule has 3 rings (SSSR count). The van der Waals surface area contributed by atoms with Crippen LogP contribution in [-0.4, -0.2) is 31.2 Å². The number of aromatic amines is 1.